The zero-order valence-electron chi connectivity index (χ0n) is 6.43. The molecule has 4 nitrogen and oxygen atoms in total. The summed E-state index contributed by atoms with van der Waals surface area (Å²) in [6.45, 7) is 0. The Hall–Kier alpha value is -1.14. The molecule has 0 aliphatic rings. The number of rotatable bonds is 3. The number of aromatic nitrogens is 3. The van der Waals surface area contributed by atoms with Crippen LogP contribution >= 0.6 is 23.1 Å². The van der Waals surface area contributed by atoms with E-state index >= 15 is 0 Å². The number of aromatic amines is 1. The second kappa shape index (κ2) is 3.71. The second-order valence-corrected chi connectivity index (χ2v) is 4.20. The first-order chi connectivity index (χ1) is 6.38. The van der Waals surface area contributed by atoms with Gasteiger partial charge in [0.05, 0.1) is 4.88 Å². The fourth-order valence-electron chi connectivity index (χ4n) is 0.805. The molecular weight excluding hydrogens is 206 g/mol. The molecular formula is C7H5N3OS2. The van der Waals surface area contributed by atoms with Crippen molar-refractivity contribution < 1.29 is 4.79 Å². The van der Waals surface area contributed by atoms with E-state index in [0.717, 1.165) is 21.2 Å². The number of H-pyrrole nitrogens is 1. The molecule has 0 aromatic carbocycles. The molecule has 0 aliphatic carbocycles. The van der Waals surface area contributed by atoms with Crippen LogP contribution in [-0.2, 0) is 0 Å². The SMILES string of the molecule is O=Cc1cc(Sc2ncn[nH]2)cs1. The van der Waals surface area contributed by atoms with E-state index in [1.807, 2.05) is 11.4 Å². The maximum atomic E-state index is 10.4. The highest BCUT2D eigenvalue weighted by Gasteiger charge is 2.02. The van der Waals surface area contributed by atoms with Crippen LogP contribution in [0.4, 0.5) is 0 Å². The summed E-state index contributed by atoms with van der Waals surface area (Å²) in [6, 6.07) is 1.82. The molecule has 2 aromatic rings. The van der Waals surface area contributed by atoms with Gasteiger partial charge in [0, 0.05) is 10.3 Å². The number of aldehydes is 1. The van der Waals surface area contributed by atoms with Gasteiger partial charge in [-0.05, 0) is 17.8 Å². The molecule has 0 fully saturated rings. The van der Waals surface area contributed by atoms with Crippen LogP contribution in [0.2, 0.25) is 0 Å². The number of carbonyl (C=O) groups excluding carboxylic acids is 1. The van der Waals surface area contributed by atoms with E-state index in [-0.39, 0.29) is 0 Å². The van der Waals surface area contributed by atoms with Crippen molar-refractivity contribution in [2.45, 2.75) is 10.1 Å². The van der Waals surface area contributed by atoms with Gasteiger partial charge in [-0.3, -0.25) is 9.89 Å². The summed E-state index contributed by atoms with van der Waals surface area (Å²) in [5.41, 5.74) is 0. The lowest BCUT2D eigenvalue weighted by molar-refractivity contribution is 0.112. The monoisotopic (exact) mass is 211 g/mol. The number of hydrogen-bond donors (Lipinski definition) is 1. The molecule has 66 valence electrons. The van der Waals surface area contributed by atoms with E-state index in [2.05, 4.69) is 15.2 Å². The van der Waals surface area contributed by atoms with Crippen molar-refractivity contribution >= 4 is 29.4 Å². The Balaban J connectivity index is 2.14. The van der Waals surface area contributed by atoms with Gasteiger partial charge in [-0.2, -0.15) is 5.10 Å². The summed E-state index contributed by atoms with van der Waals surface area (Å²) in [5, 5.41) is 9.10. The summed E-state index contributed by atoms with van der Waals surface area (Å²) in [6.07, 6.45) is 2.30. The topological polar surface area (TPSA) is 58.6 Å². The molecule has 0 atom stereocenters. The van der Waals surface area contributed by atoms with Gasteiger partial charge in [0.1, 0.15) is 6.33 Å². The number of thiophene rings is 1. The van der Waals surface area contributed by atoms with Crippen LogP contribution in [-0.4, -0.2) is 21.5 Å². The third-order valence-corrected chi connectivity index (χ3v) is 3.19. The molecule has 0 saturated heterocycles. The highest BCUT2D eigenvalue weighted by atomic mass is 32.2. The van der Waals surface area contributed by atoms with Crippen molar-refractivity contribution in [2.75, 3.05) is 0 Å². The lowest BCUT2D eigenvalue weighted by Gasteiger charge is -1.88. The van der Waals surface area contributed by atoms with Gasteiger partial charge < -0.3 is 0 Å². The van der Waals surface area contributed by atoms with E-state index in [1.165, 1.54) is 29.4 Å². The smallest absolute Gasteiger partial charge is 0.188 e. The number of hydrogen-bond acceptors (Lipinski definition) is 5. The van der Waals surface area contributed by atoms with Crippen LogP contribution in [0.15, 0.2) is 27.8 Å². The normalized spacial score (nSPS) is 10.2. The van der Waals surface area contributed by atoms with Crippen LogP contribution in [0.1, 0.15) is 9.67 Å². The minimum absolute atomic E-state index is 0.724. The van der Waals surface area contributed by atoms with Crippen molar-refractivity contribution in [1.82, 2.24) is 15.2 Å². The highest BCUT2D eigenvalue weighted by Crippen LogP contribution is 2.27. The number of nitrogens with zero attached hydrogens (tertiary/aromatic N) is 2. The van der Waals surface area contributed by atoms with Crippen molar-refractivity contribution in [2.24, 2.45) is 0 Å². The number of nitrogens with one attached hydrogen (secondary N) is 1. The summed E-state index contributed by atoms with van der Waals surface area (Å²) in [7, 11) is 0. The second-order valence-electron chi connectivity index (χ2n) is 2.20. The average Bonchev–Trinajstić information content (AvgIpc) is 2.76. The Morgan fingerprint density at radius 2 is 2.54 bits per heavy atom. The van der Waals surface area contributed by atoms with Crippen molar-refractivity contribution in [3.05, 3.63) is 22.7 Å². The molecule has 0 amide bonds. The van der Waals surface area contributed by atoms with E-state index in [1.54, 1.807) is 0 Å². The van der Waals surface area contributed by atoms with E-state index in [4.69, 9.17) is 0 Å². The van der Waals surface area contributed by atoms with Gasteiger partial charge in [0.15, 0.2) is 11.4 Å². The summed E-state index contributed by atoms with van der Waals surface area (Å²) in [4.78, 5) is 16.1. The summed E-state index contributed by atoms with van der Waals surface area (Å²) in [5.74, 6) is 0. The Morgan fingerprint density at radius 1 is 1.62 bits per heavy atom. The van der Waals surface area contributed by atoms with Crippen LogP contribution in [0.25, 0.3) is 0 Å². The average molecular weight is 211 g/mol. The maximum absolute atomic E-state index is 10.4. The predicted molar refractivity (Wildman–Crippen MR) is 50.2 cm³/mol. The first-order valence-electron chi connectivity index (χ1n) is 3.45. The van der Waals surface area contributed by atoms with Gasteiger partial charge in [0.25, 0.3) is 0 Å². The summed E-state index contributed by atoms with van der Waals surface area (Å²) < 4.78 is 0. The first kappa shape index (κ1) is 8.46. The Kier molecular flexibility index (Phi) is 2.42. The molecule has 0 saturated carbocycles. The van der Waals surface area contributed by atoms with Gasteiger partial charge in [-0.1, -0.05) is 0 Å². The lowest BCUT2D eigenvalue weighted by atomic mass is 10.5. The van der Waals surface area contributed by atoms with Crippen LogP contribution < -0.4 is 0 Å². The van der Waals surface area contributed by atoms with Gasteiger partial charge in [-0.25, -0.2) is 4.98 Å². The van der Waals surface area contributed by atoms with Crippen molar-refractivity contribution in [3.63, 3.8) is 0 Å². The van der Waals surface area contributed by atoms with Crippen LogP contribution in [0, 0.1) is 0 Å². The predicted octanol–water partition coefficient (Wildman–Crippen LogP) is 1.83. The largest absolute Gasteiger partial charge is 0.297 e. The quantitative estimate of drug-likeness (QED) is 0.787. The molecule has 2 heterocycles. The standard InChI is InChI=1S/C7H5N3OS2/c11-2-5-1-6(3-12-5)13-7-8-4-9-10-7/h1-4H,(H,8,9,10). The summed E-state index contributed by atoms with van der Waals surface area (Å²) >= 11 is 2.87. The molecule has 13 heavy (non-hydrogen) atoms. The minimum Gasteiger partial charge on any atom is -0.297 e. The van der Waals surface area contributed by atoms with E-state index in [0.29, 0.717) is 0 Å². The Labute approximate surface area is 82.4 Å². The molecule has 0 bridgehead atoms. The highest BCUT2D eigenvalue weighted by molar-refractivity contribution is 7.99. The van der Waals surface area contributed by atoms with Gasteiger partial charge in [0.2, 0.25) is 0 Å². The van der Waals surface area contributed by atoms with Gasteiger partial charge >= 0.3 is 0 Å². The Morgan fingerprint density at radius 3 is 3.15 bits per heavy atom. The van der Waals surface area contributed by atoms with E-state index in [9.17, 15) is 4.79 Å². The Bertz CT molecular complexity index is 396. The molecule has 2 rings (SSSR count). The molecule has 0 unspecified atom stereocenters. The molecule has 2 aromatic heterocycles. The van der Waals surface area contributed by atoms with Crippen molar-refractivity contribution in [3.8, 4) is 0 Å². The number of carbonyl (C=O) groups is 1. The fourth-order valence-corrected chi connectivity index (χ4v) is 2.39. The van der Waals surface area contributed by atoms with Crippen LogP contribution in [0.3, 0.4) is 0 Å². The molecule has 6 heteroatoms. The molecule has 0 aliphatic heterocycles. The van der Waals surface area contributed by atoms with Gasteiger partial charge in [-0.15, -0.1) is 11.3 Å². The first-order valence-corrected chi connectivity index (χ1v) is 5.15. The zero-order valence-corrected chi connectivity index (χ0v) is 8.06. The molecule has 1 N–H and O–H groups in total. The fraction of sp³-hybridized carbons (Fsp3) is 0. The molecule has 0 radical (unpaired) electrons. The van der Waals surface area contributed by atoms with Crippen LogP contribution in [0.5, 0.6) is 0 Å². The molecule has 0 spiro atoms. The maximum Gasteiger partial charge on any atom is 0.188 e. The zero-order chi connectivity index (χ0) is 9.10. The third kappa shape index (κ3) is 1.96. The third-order valence-electron chi connectivity index (χ3n) is 1.32. The lowest BCUT2D eigenvalue weighted by Crippen LogP contribution is -1.73. The minimum atomic E-state index is 0.724. The van der Waals surface area contributed by atoms with E-state index < -0.39 is 0 Å². The van der Waals surface area contributed by atoms with Crippen molar-refractivity contribution in [1.29, 1.82) is 0 Å².